The summed E-state index contributed by atoms with van der Waals surface area (Å²) in [6.07, 6.45) is 2.20. The number of piperidine rings is 1. The number of carbonyl (C=O) groups is 1. The van der Waals surface area contributed by atoms with Crippen LogP contribution in [0.25, 0.3) is 0 Å². The van der Waals surface area contributed by atoms with E-state index in [9.17, 15) is 4.79 Å². The maximum atomic E-state index is 12.2. The van der Waals surface area contributed by atoms with Crippen LogP contribution in [0.15, 0.2) is 22.7 Å². The Kier molecular flexibility index (Phi) is 5.68. The van der Waals surface area contributed by atoms with Crippen molar-refractivity contribution in [2.45, 2.75) is 39.5 Å². The van der Waals surface area contributed by atoms with Gasteiger partial charge in [-0.15, -0.1) is 0 Å². The average Bonchev–Trinajstić information content (AvgIpc) is 2.46. The molecule has 4 heteroatoms. The van der Waals surface area contributed by atoms with Crippen LogP contribution < -0.4 is 4.74 Å². The molecular formula is C17H24BrNO2. The van der Waals surface area contributed by atoms with Gasteiger partial charge >= 0.3 is 0 Å². The third kappa shape index (κ3) is 4.47. The minimum Gasteiger partial charge on any atom is -0.483 e. The van der Waals surface area contributed by atoms with Gasteiger partial charge in [-0.2, -0.15) is 0 Å². The molecule has 1 saturated heterocycles. The van der Waals surface area contributed by atoms with Crippen LogP contribution in [0.5, 0.6) is 5.75 Å². The Morgan fingerprint density at radius 3 is 2.67 bits per heavy atom. The number of hydrogen-bond donors (Lipinski definition) is 0. The number of likely N-dealkylation sites (tertiary alicyclic amines) is 1. The third-order valence-electron chi connectivity index (χ3n) is 4.08. The topological polar surface area (TPSA) is 29.5 Å². The SMILES string of the molecule is CC1CCN(C(=O)COc2ccc(Br)cc2C(C)C)CC1. The van der Waals surface area contributed by atoms with E-state index >= 15 is 0 Å². The zero-order valence-corrected chi connectivity index (χ0v) is 14.6. The summed E-state index contributed by atoms with van der Waals surface area (Å²) in [6, 6.07) is 5.95. The Bertz CT molecular complexity index is 494. The summed E-state index contributed by atoms with van der Waals surface area (Å²) >= 11 is 3.48. The van der Waals surface area contributed by atoms with Crippen LogP contribution in [0, 0.1) is 5.92 Å². The highest BCUT2D eigenvalue weighted by Crippen LogP contribution is 2.29. The lowest BCUT2D eigenvalue weighted by atomic mass is 9.99. The first-order valence-corrected chi connectivity index (χ1v) is 8.46. The first-order chi connectivity index (χ1) is 9.97. The van der Waals surface area contributed by atoms with E-state index in [1.807, 2.05) is 17.0 Å². The standard InChI is InChI=1S/C17H24BrNO2/c1-12(2)15-10-14(18)4-5-16(15)21-11-17(20)19-8-6-13(3)7-9-19/h4-5,10,12-13H,6-9,11H2,1-3H3. The molecule has 0 bridgehead atoms. The maximum Gasteiger partial charge on any atom is 0.260 e. The Morgan fingerprint density at radius 1 is 1.38 bits per heavy atom. The van der Waals surface area contributed by atoms with Crippen LogP contribution in [-0.4, -0.2) is 30.5 Å². The molecular weight excluding hydrogens is 330 g/mol. The molecule has 0 unspecified atom stereocenters. The highest BCUT2D eigenvalue weighted by molar-refractivity contribution is 9.10. The Hall–Kier alpha value is -1.03. The minimum absolute atomic E-state index is 0.0968. The zero-order chi connectivity index (χ0) is 15.4. The van der Waals surface area contributed by atoms with Crippen LogP contribution in [0.3, 0.4) is 0 Å². The van der Waals surface area contributed by atoms with E-state index in [-0.39, 0.29) is 12.5 Å². The van der Waals surface area contributed by atoms with Crippen molar-refractivity contribution >= 4 is 21.8 Å². The van der Waals surface area contributed by atoms with Crippen LogP contribution in [0.2, 0.25) is 0 Å². The van der Waals surface area contributed by atoms with Crippen molar-refractivity contribution in [1.82, 2.24) is 4.90 Å². The molecule has 1 amide bonds. The number of ether oxygens (including phenoxy) is 1. The molecule has 116 valence electrons. The molecule has 1 heterocycles. The van der Waals surface area contributed by atoms with Crippen molar-refractivity contribution in [3.63, 3.8) is 0 Å². The van der Waals surface area contributed by atoms with Crippen LogP contribution in [0.4, 0.5) is 0 Å². The van der Waals surface area contributed by atoms with E-state index in [2.05, 4.69) is 42.8 Å². The molecule has 0 N–H and O–H groups in total. The molecule has 0 aromatic heterocycles. The van der Waals surface area contributed by atoms with Crippen LogP contribution >= 0.6 is 15.9 Å². The molecule has 2 rings (SSSR count). The first-order valence-electron chi connectivity index (χ1n) is 7.67. The van der Waals surface area contributed by atoms with E-state index in [4.69, 9.17) is 4.74 Å². The van der Waals surface area contributed by atoms with Gasteiger partial charge in [0.1, 0.15) is 5.75 Å². The molecule has 0 spiro atoms. The summed E-state index contributed by atoms with van der Waals surface area (Å²) in [4.78, 5) is 14.1. The van der Waals surface area contributed by atoms with Crippen molar-refractivity contribution in [2.75, 3.05) is 19.7 Å². The van der Waals surface area contributed by atoms with Crippen molar-refractivity contribution in [3.05, 3.63) is 28.2 Å². The Morgan fingerprint density at radius 2 is 2.05 bits per heavy atom. The largest absolute Gasteiger partial charge is 0.483 e. The molecule has 0 saturated carbocycles. The number of benzene rings is 1. The molecule has 0 radical (unpaired) electrons. The second-order valence-electron chi connectivity index (χ2n) is 6.19. The van der Waals surface area contributed by atoms with Gasteiger partial charge in [-0.3, -0.25) is 4.79 Å². The number of nitrogens with zero attached hydrogens (tertiary/aromatic N) is 1. The van der Waals surface area contributed by atoms with E-state index < -0.39 is 0 Å². The molecule has 1 fully saturated rings. The molecule has 21 heavy (non-hydrogen) atoms. The molecule has 1 aromatic carbocycles. The minimum atomic E-state index is 0.0968. The zero-order valence-electron chi connectivity index (χ0n) is 13.1. The van der Waals surface area contributed by atoms with Crippen molar-refractivity contribution < 1.29 is 9.53 Å². The molecule has 0 aliphatic carbocycles. The summed E-state index contributed by atoms with van der Waals surface area (Å²) < 4.78 is 6.82. The second-order valence-corrected chi connectivity index (χ2v) is 7.10. The van der Waals surface area contributed by atoms with Crippen molar-refractivity contribution in [2.24, 2.45) is 5.92 Å². The fraction of sp³-hybridized carbons (Fsp3) is 0.588. The Balaban J connectivity index is 1.95. The predicted octanol–water partition coefficient (Wildman–Crippen LogP) is 4.21. The third-order valence-corrected chi connectivity index (χ3v) is 4.57. The van der Waals surface area contributed by atoms with Gasteiger partial charge < -0.3 is 9.64 Å². The number of carbonyl (C=O) groups excluding carboxylic acids is 1. The van der Waals surface area contributed by atoms with Gasteiger partial charge in [-0.1, -0.05) is 36.7 Å². The van der Waals surface area contributed by atoms with Crippen LogP contribution in [-0.2, 0) is 4.79 Å². The van der Waals surface area contributed by atoms with Gasteiger partial charge in [0.2, 0.25) is 0 Å². The summed E-state index contributed by atoms with van der Waals surface area (Å²) in [7, 11) is 0. The van der Waals surface area contributed by atoms with Crippen molar-refractivity contribution in [3.8, 4) is 5.75 Å². The van der Waals surface area contributed by atoms with E-state index in [0.717, 1.165) is 47.6 Å². The quantitative estimate of drug-likeness (QED) is 0.811. The fourth-order valence-electron chi connectivity index (χ4n) is 2.59. The second kappa shape index (κ2) is 7.30. The summed E-state index contributed by atoms with van der Waals surface area (Å²) in [6.45, 7) is 8.36. The smallest absolute Gasteiger partial charge is 0.260 e. The molecule has 3 nitrogen and oxygen atoms in total. The van der Waals surface area contributed by atoms with Gasteiger partial charge in [0.15, 0.2) is 6.61 Å². The van der Waals surface area contributed by atoms with Crippen LogP contribution in [0.1, 0.15) is 45.1 Å². The lowest BCUT2D eigenvalue weighted by Crippen LogP contribution is -2.40. The number of hydrogen-bond acceptors (Lipinski definition) is 2. The molecule has 1 aliphatic rings. The number of amides is 1. The maximum absolute atomic E-state index is 12.2. The van der Waals surface area contributed by atoms with E-state index in [1.165, 1.54) is 0 Å². The average molecular weight is 354 g/mol. The molecule has 1 aromatic rings. The number of rotatable bonds is 4. The summed E-state index contributed by atoms with van der Waals surface area (Å²) in [5, 5.41) is 0. The molecule has 1 aliphatic heterocycles. The summed E-state index contributed by atoms with van der Waals surface area (Å²) in [5.41, 5.74) is 1.13. The Labute approximate surface area is 135 Å². The van der Waals surface area contributed by atoms with Gasteiger partial charge in [-0.25, -0.2) is 0 Å². The van der Waals surface area contributed by atoms with Gasteiger partial charge in [0.25, 0.3) is 5.91 Å². The highest BCUT2D eigenvalue weighted by Gasteiger charge is 2.21. The lowest BCUT2D eigenvalue weighted by Gasteiger charge is -2.30. The van der Waals surface area contributed by atoms with E-state index in [1.54, 1.807) is 0 Å². The summed E-state index contributed by atoms with van der Waals surface area (Å²) in [5.74, 6) is 2.00. The monoisotopic (exact) mass is 353 g/mol. The first kappa shape index (κ1) is 16.3. The highest BCUT2D eigenvalue weighted by atomic mass is 79.9. The van der Waals surface area contributed by atoms with Gasteiger partial charge in [0, 0.05) is 17.6 Å². The predicted molar refractivity (Wildman–Crippen MR) is 88.7 cm³/mol. The normalized spacial score (nSPS) is 16.3. The van der Waals surface area contributed by atoms with Gasteiger partial charge in [-0.05, 0) is 48.4 Å². The van der Waals surface area contributed by atoms with E-state index in [0.29, 0.717) is 5.92 Å². The van der Waals surface area contributed by atoms with Crippen molar-refractivity contribution in [1.29, 1.82) is 0 Å². The lowest BCUT2D eigenvalue weighted by molar-refractivity contribution is -0.134. The number of halogens is 1. The van der Waals surface area contributed by atoms with Gasteiger partial charge in [0.05, 0.1) is 0 Å². The molecule has 0 atom stereocenters. The fourth-order valence-corrected chi connectivity index (χ4v) is 2.97.